The highest BCUT2D eigenvalue weighted by molar-refractivity contribution is 5.80. The number of ether oxygens (including phenoxy) is 1. The Balaban J connectivity index is 5.10. The number of rotatable bonds is 6. The Morgan fingerprint density at radius 1 is 1.09 bits per heavy atom. The average molecular weight is 334 g/mol. The van der Waals surface area contributed by atoms with Gasteiger partial charge in [-0.2, -0.15) is 26.3 Å². The van der Waals surface area contributed by atoms with Gasteiger partial charge in [-0.05, 0) is 26.7 Å². The molecule has 0 saturated carbocycles. The summed E-state index contributed by atoms with van der Waals surface area (Å²) in [6.07, 6.45) is -12.1. The van der Waals surface area contributed by atoms with Crippen molar-refractivity contribution in [2.45, 2.75) is 59.0 Å². The number of carbonyl (C=O) groups is 1. The molecule has 2 nitrogen and oxygen atoms in total. The lowest BCUT2D eigenvalue weighted by molar-refractivity contribution is -0.220. The van der Waals surface area contributed by atoms with Crippen LogP contribution in [0.3, 0.4) is 0 Å². The van der Waals surface area contributed by atoms with Crippen molar-refractivity contribution in [1.82, 2.24) is 0 Å². The molecule has 0 aliphatic carbocycles. The topological polar surface area (TPSA) is 26.3 Å². The van der Waals surface area contributed by atoms with Crippen molar-refractivity contribution in [1.29, 1.82) is 0 Å². The predicted molar refractivity (Wildman–Crippen MR) is 69.0 cm³/mol. The molecule has 0 N–H and O–H groups in total. The van der Waals surface area contributed by atoms with Crippen LogP contribution < -0.4 is 0 Å². The quantitative estimate of drug-likeness (QED) is 0.386. The number of alkyl halides is 6. The highest BCUT2D eigenvalue weighted by Crippen LogP contribution is 2.40. The molecule has 130 valence electrons. The number of hydrogen-bond donors (Lipinski definition) is 0. The van der Waals surface area contributed by atoms with Gasteiger partial charge in [0.05, 0.1) is 11.3 Å². The molecular formula is C14H20F6O2. The zero-order chi connectivity index (χ0) is 17.9. The molecule has 0 fully saturated rings. The van der Waals surface area contributed by atoms with E-state index in [1.165, 1.54) is 13.8 Å². The summed E-state index contributed by atoms with van der Waals surface area (Å²) in [6.45, 7) is 7.76. The van der Waals surface area contributed by atoms with Crippen LogP contribution in [-0.4, -0.2) is 24.4 Å². The van der Waals surface area contributed by atoms with E-state index in [0.29, 0.717) is 6.92 Å². The molecule has 0 aromatic rings. The fraction of sp³-hybridized carbons (Fsp3) is 0.786. The van der Waals surface area contributed by atoms with Gasteiger partial charge in [0.15, 0.2) is 6.10 Å². The second-order valence-corrected chi connectivity index (χ2v) is 5.53. The monoisotopic (exact) mass is 334 g/mol. The maximum atomic E-state index is 12.6. The summed E-state index contributed by atoms with van der Waals surface area (Å²) >= 11 is 0. The minimum absolute atomic E-state index is 0.0141. The Morgan fingerprint density at radius 2 is 1.55 bits per heavy atom. The summed E-state index contributed by atoms with van der Waals surface area (Å²) in [6, 6.07) is 0. The lowest BCUT2D eigenvalue weighted by Crippen LogP contribution is -2.39. The van der Waals surface area contributed by atoms with Crippen LogP contribution >= 0.6 is 0 Å². The first-order chi connectivity index (χ1) is 9.66. The standard InChI is InChI=1S/C14H20F6O2/c1-6-12(5,8(2)7-9(3)13(15,16)17)11(21)22-10(4)14(18,19)20/h9-10H,2,6-7H2,1,3-5H3. The fourth-order valence-electron chi connectivity index (χ4n) is 1.61. The molecule has 0 aromatic heterocycles. The van der Waals surface area contributed by atoms with Crippen molar-refractivity contribution < 1.29 is 35.9 Å². The van der Waals surface area contributed by atoms with Gasteiger partial charge >= 0.3 is 18.3 Å². The van der Waals surface area contributed by atoms with Gasteiger partial charge < -0.3 is 4.74 Å². The van der Waals surface area contributed by atoms with Crippen LogP contribution in [0.5, 0.6) is 0 Å². The summed E-state index contributed by atoms with van der Waals surface area (Å²) in [5, 5.41) is 0. The minimum Gasteiger partial charge on any atom is -0.452 e. The molecule has 0 aliphatic heterocycles. The van der Waals surface area contributed by atoms with Gasteiger partial charge in [-0.3, -0.25) is 4.79 Å². The van der Waals surface area contributed by atoms with Crippen LogP contribution in [0.25, 0.3) is 0 Å². The van der Waals surface area contributed by atoms with Crippen molar-refractivity contribution >= 4 is 5.97 Å². The van der Waals surface area contributed by atoms with E-state index in [2.05, 4.69) is 11.3 Å². The van der Waals surface area contributed by atoms with Gasteiger partial charge in [0, 0.05) is 0 Å². The van der Waals surface area contributed by atoms with Crippen LogP contribution in [0.2, 0.25) is 0 Å². The van der Waals surface area contributed by atoms with Crippen LogP contribution in [-0.2, 0) is 9.53 Å². The number of esters is 1. The SMILES string of the molecule is C=C(CC(C)C(F)(F)F)C(C)(CC)C(=O)OC(C)C(F)(F)F. The van der Waals surface area contributed by atoms with E-state index in [1.54, 1.807) is 0 Å². The number of carbonyl (C=O) groups excluding carboxylic acids is 1. The molecule has 0 saturated heterocycles. The summed E-state index contributed by atoms with van der Waals surface area (Å²) in [5.41, 5.74) is -1.70. The molecule has 0 heterocycles. The molecule has 0 radical (unpaired) electrons. The third kappa shape index (κ3) is 5.21. The summed E-state index contributed by atoms with van der Waals surface area (Å²) < 4.78 is 79.3. The third-order valence-corrected chi connectivity index (χ3v) is 3.79. The molecular weight excluding hydrogens is 314 g/mol. The Labute approximate surface area is 125 Å². The van der Waals surface area contributed by atoms with Crippen LogP contribution in [0.1, 0.15) is 40.5 Å². The van der Waals surface area contributed by atoms with Crippen molar-refractivity contribution in [3.8, 4) is 0 Å². The van der Waals surface area contributed by atoms with Crippen LogP contribution in [0.4, 0.5) is 26.3 Å². The van der Waals surface area contributed by atoms with E-state index in [-0.39, 0.29) is 12.0 Å². The van der Waals surface area contributed by atoms with Crippen molar-refractivity contribution in [2.75, 3.05) is 0 Å². The Hall–Kier alpha value is -1.21. The summed E-state index contributed by atoms with van der Waals surface area (Å²) in [4.78, 5) is 12.0. The summed E-state index contributed by atoms with van der Waals surface area (Å²) in [5.74, 6) is -2.97. The molecule has 0 bridgehead atoms. The van der Waals surface area contributed by atoms with Crippen LogP contribution in [0, 0.1) is 11.3 Å². The lowest BCUT2D eigenvalue weighted by atomic mass is 9.76. The zero-order valence-corrected chi connectivity index (χ0v) is 12.9. The average Bonchev–Trinajstić information content (AvgIpc) is 2.34. The molecule has 8 heteroatoms. The molecule has 3 atom stereocenters. The van der Waals surface area contributed by atoms with E-state index in [1.807, 2.05) is 0 Å². The van der Waals surface area contributed by atoms with Crippen molar-refractivity contribution in [3.63, 3.8) is 0 Å². The normalized spacial score (nSPS) is 18.3. The second-order valence-electron chi connectivity index (χ2n) is 5.53. The maximum Gasteiger partial charge on any atom is 0.425 e. The molecule has 0 amide bonds. The lowest BCUT2D eigenvalue weighted by Gasteiger charge is -2.32. The zero-order valence-electron chi connectivity index (χ0n) is 12.9. The van der Waals surface area contributed by atoms with Gasteiger partial charge in [-0.25, -0.2) is 0 Å². The van der Waals surface area contributed by atoms with E-state index in [0.717, 1.165) is 6.92 Å². The van der Waals surface area contributed by atoms with Gasteiger partial charge in [0.2, 0.25) is 0 Å². The smallest absolute Gasteiger partial charge is 0.425 e. The Bertz CT molecular complexity index is 377. The molecule has 0 rings (SSSR count). The number of halogens is 6. The fourth-order valence-corrected chi connectivity index (χ4v) is 1.61. The van der Waals surface area contributed by atoms with E-state index >= 15 is 0 Å². The maximum absolute atomic E-state index is 12.6. The second kappa shape index (κ2) is 6.91. The number of hydrogen-bond acceptors (Lipinski definition) is 2. The Kier molecular flexibility index (Phi) is 6.53. The van der Waals surface area contributed by atoms with E-state index < -0.39 is 42.2 Å². The van der Waals surface area contributed by atoms with Gasteiger partial charge in [0.25, 0.3) is 0 Å². The summed E-state index contributed by atoms with van der Waals surface area (Å²) in [7, 11) is 0. The van der Waals surface area contributed by atoms with Gasteiger partial charge in [-0.1, -0.05) is 26.0 Å². The molecule has 0 aromatic carbocycles. The molecule has 0 aliphatic rings. The van der Waals surface area contributed by atoms with E-state index in [9.17, 15) is 31.1 Å². The first kappa shape index (κ1) is 20.8. The van der Waals surface area contributed by atoms with E-state index in [4.69, 9.17) is 0 Å². The first-order valence-corrected chi connectivity index (χ1v) is 6.69. The molecule has 22 heavy (non-hydrogen) atoms. The highest BCUT2D eigenvalue weighted by Gasteiger charge is 2.45. The van der Waals surface area contributed by atoms with Crippen LogP contribution in [0.15, 0.2) is 12.2 Å². The molecule has 0 spiro atoms. The van der Waals surface area contributed by atoms with Gasteiger partial charge in [0.1, 0.15) is 0 Å². The van der Waals surface area contributed by atoms with Crippen molar-refractivity contribution in [3.05, 3.63) is 12.2 Å². The van der Waals surface area contributed by atoms with Crippen molar-refractivity contribution in [2.24, 2.45) is 11.3 Å². The predicted octanol–water partition coefficient (Wildman–Crippen LogP) is 5.04. The largest absolute Gasteiger partial charge is 0.452 e. The molecule has 3 unspecified atom stereocenters. The highest BCUT2D eigenvalue weighted by atomic mass is 19.4. The third-order valence-electron chi connectivity index (χ3n) is 3.79. The minimum atomic E-state index is -4.73. The Morgan fingerprint density at radius 3 is 1.86 bits per heavy atom. The van der Waals surface area contributed by atoms with Gasteiger partial charge in [-0.15, -0.1) is 0 Å². The first-order valence-electron chi connectivity index (χ1n) is 6.69.